The molecule has 37 heavy (non-hydrogen) atoms. The fourth-order valence-electron chi connectivity index (χ4n) is 4.51. The van der Waals surface area contributed by atoms with Gasteiger partial charge in [-0.15, -0.1) is 0 Å². The van der Waals surface area contributed by atoms with Crippen molar-refractivity contribution in [3.05, 3.63) is 71.2 Å². The molecule has 0 aliphatic heterocycles. The van der Waals surface area contributed by atoms with Crippen molar-refractivity contribution in [3.8, 4) is 34.3 Å². The lowest BCUT2D eigenvalue weighted by atomic mass is 10.1. The normalized spacial score (nSPS) is 12.9. The number of hydrogen-bond acceptors (Lipinski definition) is 6. The summed E-state index contributed by atoms with van der Waals surface area (Å²) in [6.45, 7) is 0.497. The largest absolute Gasteiger partial charge is 0.497 e. The molecular formula is C27H26F3N5O2. The predicted molar refractivity (Wildman–Crippen MR) is 134 cm³/mol. The highest BCUT2D eigenvalue weighted by molar-refractivity contribution is 5.68. The Morgan fingerprint density at radius 1 is 0.973 bits per heavy atom. The van der Waals surface area contributed by atoms with Crippen LogP contribution < -0.4 is 14.8 Å². The molecule has 10 heteroatoms. The number of nitrogens with one attached hydrogen (secondary N) is 1. The number of aromatic nitrogens is 4. The van der Waals surface area contributed by atoms with Gasteiger partial charge in [-0.05, 0) is 37.0 Å². The summed E-state index contributed by atoms with van der Waals surface area (Å²) in [5.41, 5.74) is 3.58. The fraction of sp³-hybridized carbons (Fsp3) is 0.296. The van der Waals surface area contributed by atoms with E-state index in [2.05, 4.69) is 10.3 Å². The molecule has 1 N–H and O–H groups in total. The van der Waals surface area contributed by atoms with Crippen LogP contribution in [0, 0.1) is 0 Å². The van der Waals surface area contributed by atoms with Crippen LogP contribution in [0.1, 0.15) is 28.9 Å². The second-order valence-corrected chi connectivity index (χ2v) is 8.85. The second kappa shape index (κ2) is 9.76. The van der Waals surface area contributed by atoms with Gasteiger partial charge in [0.25, 0.3) is 0 Å². The molecule has 0 saturated carbocycles. The van der Waals surface area contributed by atoms with Gasteiger partial charge in [0, 0.05) is 42.7 Å². The van der Waals surface area contributed by atoms with Crippen LogP contribution in [-0.2, 0) is 32.6 Å². The van der Waals surface area contributed by atoms with E-state index in [0.29, 0.717) is 29.4 Å². The van der Waals surface area contributed by atoms with Crippen molar-refractivity contribution in [2.45, 2.75) is 32.0 Å². The van der Waals surface area contributed by atoms with Gasteiger partial charge in [0.1, 0.15) is 23.1 Å². The van der Waals surface area contributed by atoms with Crippen molar-refractivity contribution in [2.75, 3.05) is 19.5 Å². The Balaban J connectivity index is 1.38. The number of aryl methyl sites for hydroxylation is 2. The van der Waals surface area contributed by atoms with E-state index in [0.717, 1.165) is 53.7 Å². The molecular weight excluding hydrogens is 483 g/mol. The van der Waals surface area contributed by atoms with Crippen molar-refractivity contribution in [3.63, 3.8) is 0 Å². The molecule has 2 aromatic heterocycles. The van der Waals surface area contributed by atoms with Gasteiger partial charge < -0.3 is 19.4 Å². The molecule has 0 radical (unpaired) electrons. The molecule has 192 valence electrons. The van der Waals surface area contributed by atoms with Gasteiger partial charge in [0.15, 0.2) is 11.5 Å². The zero-order valence-corrected chi connectivity index (χ0v) is 20.7. The van der Waals surface area contributed by atoms with Crippen LogP contribution in [0.15, 0.2) is 48.7 Å². The number of ether oxygens (including phenoxy) is 2. The van der Waals surface area contributed by atoms with E-state index < -0.39 is 11.9 Å². The molecule has 0 atom stereocenters. The van der Waals surface area contributed by atoms with Crippen LogP contribution in [0.25, 0.3) is 22.8 Å². The van der Waals surface area contributed by atoms with Gasteiger partial charge in [0.05, 0.1) is 19.8 Å². The highest BCUT2D eigenvalue weighted by atomic mass is 19.4. The molecule has 2 heterocycles. The predicted octanol–water partition coefficient (Wildman–Crippen LogP) is 5.68. The smallest absolute Gasteiger partial charge is 0.434 e. The number of hydrogen-bond donors (Lipinski definition) is 1. The number of fused-ring (bicyclic) bond motifs is 1. The Hall–Kier alpha value is -4.08. The second-order valence-electron chi connectivity index (χ2n) is 8.85. The van der Waals surface area contributed by atoms with Crippen molar-refractivity contribution >= 4 is 5.82 Å². The highest BCUT2D eigenvalue weighted by Gasteiger charge is 2.34. The molecule has 2 aromatic carbocycles. The average molecular weight is 510 g/mol. The summed E-state index contributed by atoms with van der Waals surface area (Å²) < 4.78 is 51.3. The Kier molecular flexibility index (Phi) is 6.49. The number of halogens is 3. The van der Waals surface area contributed by atoms with Crippen LogP contribution in [0.2, 0.25) is 0 Å². The first-order valence-electron chi connectivity index (χ1n) is 11.8. The summed E-state index contributed by atoms with van der Waals surface area (Å²) in [7, 11) is 4.76. The van der Waals surface area contributed by atoms with Crippen molar-refractivity contribution in [1.29, 1.82) is 0 Å². The van der Waals surface area contributed by atoms with Gasteiger partial charge in [-0.2, -0.15) is 13.2 Å². The zero-order chi connectivity index (χ0) is 26.2. The van der Waals surface area contributed by atoms with Gasteiger partial charge in [0.2, 0.25) is 0 Å². The van der Waals surface area contributed by atoms with Gasteiger partial charge in [-0.25, -0.2) is 15.0 Å². The third kappa shape index (κ3) is 4.96. The molecule has 0 bridgehead atoms. The number of alkyl halides is 3. The third-order valence-electron chi connectivity index (χ3n) is 6.42. The first-order valence-corrected chi connectivity index (χ1v) is 11.8. The maximum atomic E-state index is 13.0. The number of imidazole rings is 1. The lowest BCUT2D eigenvalue weighted by molar-refractivity contribution is -0.140. The third-order valence-corrected chi connectivity index (χ3v) is 6.42. The molecule has 0 amide bonds. The molecule has 0 saturated heterocycles. The van der Waals surface area contributed by atoms with E-state index in [-0.39, 0.29) is 5.82 Å². The van der Waals surface area contributed by atoms with E-state index in [1.165, 1.54) is 4.57 Å². The minimum atomic E-state index is -4.48. The summed E-state index contributed by atoms with van der Waals surface area (Å²) in [6.07, 6.45) is -0.685. The maximum absolute atomic E-state index is 13.0. The van der Waals surface area contributed by atoms with Gasteiger partial charge in [-0.1, -0.05) is 24.3 Å². The Labute approximate surface area is 212 Å². The zero-order valence-electron chi connectivity index (χ0n) is 20.7. The Bertz CT molecular complexity index is 1430. The minimum absolute atomic E-state index is 0.263. The van der Waals surface area contributed by atoms with Crippen molar-refractivity contribution < 1.29 is 22.6 Å². The number of nitrogens with zero attached hydrogens (tertiary/aromatic N) is 4. The highest BCUT2D eigenvalue weighted by Crippen LogP contribution is 2.35. The lowest BCUT2D eigenvalue weighted by Crippen LogP contribution is -2.08. The van der Waals surface area contributed by atoms with Crippen LogP contribution in [0.3, 0.4) is 0 Å². The van der Waals surface area contributed by atoms with E-state index in [1.807, 2.05) is 24.3 Å². The number of anilines is 1. The van der Waals surface area contributed by atoms with Crippen LogP contribution in [-0.4, -0.2) is 33.7 Å². The molecule has 0 unspecified atom stereocenters. The topological polar surface area (TPSA) is 74.1 Å². The van der Waals surface area contributed by atoms with Gasteiger partial charge >= 0.3 is 6.18 Å². The van der Waals surface area contributed by atoms with Crippen LogP contribution >= 0.6 is 0 Å². The molecule has 0 spiro atoms. The molecule has 5 rings (SSSR count). The summed E-state index contributed by atoms with van der Waals surface area (Å²) in [5, 5.41) is 3.44. The van der Waals surface area contributed by atoms with Gasteiger partial charge in [-0.3, -0.25) is 0 Å². The quantitative estimate of drug-likeness (QED) is 0.346. The summed E-state index contributed by atoms with van der Waals surface area (Å²) in [4.78, 5) is 13.4. The Morgan fingerprint density at radius 2 is 1.76 bits per heavy atom. The standard InChI is InChI=1S/C27H26F3N5O2/c1-35-15-23(27(28,29)30)33-26(35)17-9-7-16(8-10-17)14-31-24-19-5-4-6-21(19)32-25(34-24)20-12-11-18(36-2)13-22(20)37-3/h7-13,15H,4-6,14H2,1-3H3,(H,31,32,34). The van der Waals surface area contributed by atoms with E-state index in [9.17, 15) is 13.2 Å². The maximum Gasteiger partial charge on any atom is 0.434 e. The first kappa shape index (κ1) is 24.6. The summed E-state index contributed by atoms with van der Waals surface area (Å²) >= 11 is 0. The average Bonchev–Trinajstić information content (AvgIpc) is 3.53. The monoisotopic (exact) mass is 509 g/mol. The molecule has 0 fully saturated rings. The molecule has 1 aliphatic rings. The minimum Gasteiger partial charge on any atom is -0.497 e. The Morgan fingerprint density at radius 3 is 2.43 bits per heavy atom. The number of methoxy groups -OCH3 is 2. The van der Waals surface area contributed by atoms with Crippen LogP contribution in [0.4, 0.5) is 19.0 Å². The SMILES string of the molecule is COc1ccc(-c2nc3c(c(NCc4ccc(-c5nc(C(F)(F)F)cn5C)cc4)n2)CCC3)c(OC)c1. The summed E-state index contributed by atoms with van der Waals surface area (Å²) in [5.74, 6) is 2.93. The lowest BCUT2D eigenvalue weighted by Gasteiger charge is -2.14. The van der Waals surface area contributed by atoms with Crippen molar-refractivity contribution in [2.24, 2.45) is 7.05 Å². The number of rotatable bonds is 7. The molecule has 4 aromatic rings. The van der Waals surface area contributed by atoms with E-state index in [4.69, 9.17) is 19.4 Å². The van der Waals surface area contributed by atoms with Crippen molar-refractivity contribution in [1.82, 2.24) is 19.5 Å². The first-order chi connectivity index (χ1) is 17.8. The summed E-state index contributed by atoms with van der Waals surface area (Å²) in [6, 6.07) is 12.8. The number of benzene rings is 2. The van der Waals surface area contributed by atoms with E-state index >= 15 is 0 Å². The van der Waals surface area contributed by atoms with Crippen LogP contribution in [0.5, 0.6) is 11.5 Å². The van der Waals surface area contributed by atoms with E-state index in [1.54, 1.807) is 39.5 Å². The molecule has 7 nitrogen and oxygen atoms in total. The molecule has 1 aliphatic carbocycles. The fourth-order valence-corrected chi connectivity index (χ4v) is 4.51.